The van der Waals surface area contributed by atoms with Crippen LogP contribution in [0.2, 0.25) is 5.02 Å². The van der Waals surface area contributed by atoms with E-state index in [2.05, 4.69) is 9.97 Å². The van der Waals surface area contributed by atoms with Gasteiger partial charge in [0.15, 0.2) is 0 Å². The van der Waals surface area contributed by atoms with E-state index in [-0.39, 0.29) is 28.5 Å². The number of H-pyrrole nitrogens is 1. The van der Waals surface area contributed by atoms with Crippen molar-refractivity contribution in [2.24, 2.45) is 0 Å². The molecule has 1 aromatic carbocycles. The number of phenols is 1. The van der Waals surface area contributed by atoms with E-state index >= 15 is 0 Å². The number of nitrogens with zero attached hydrogens (tertiary/aromatic N) is 2. The number of hydrogen-bond donors (Lipinski definition) is 3. The van der Waals surface area contributed by atoms with Crippen molar-refractivity contribution < 1.29 is 19.7 Å². The number of carbonyl (C=O) groups is 1. The molecule has 1 atom stereocenters. The topological polar surface area (TPSA) is 117 Å². The number of methoxy groups -OCH3 is 1. The third kappa shape index (κ3) is 4.49. The van der Waals surface area contributed by atoms with E-state index < -0.39 is 17.4 Å². The van der Waals surface area contributed by atoms with E-state index in [1.165, 1.54) is 25.3 Å². The summed E-state index contributed by atoms with van der Waals surface area (Å²) >= 11 is 6.04. The number of esters is 1. The molecule has 0 radical (unpaired) electrons. The SMILES string of the molecule is COC(=O)C[C@H](c1ccc(O)c(Cl)c1)c1c(O)cc(C)n(CCc2cnc[nH]2)c1=O. The number of aromatic amines is 1. The van der Waals surface area contributed by atoms with Crippen LogP contribution in [0.1, 0.15) is 34.9 Å². The van der Waals surface area contributed by atoms with Crippen LogP contribution in [0.3, 0.4) is 0 Å². The standard InChI is InChI=1S/C21H22ClN3O5/c1-12-7-18(27)20(21(29)25(12)6-5-14-10-23-11-24-14)15(9-19(28)30-2)13-3-4-17(26)16(22)8-13/h3-4,7-8,10-11,15,26-27H,5-6,9H2,1-2H3,(H,23,24)/t15-/m1/s1. The maximum Gasteiger partial charge on any atom is 0.306 e. The molecule has 3 N–H and O–H groups in total. The monoisotopic (exact) mass is 431 g/mol. The second-order valence-corrected chi connectivity index (χ2v) is 7.32. The van der Waals surface area contributed by atoms with Crippen LogP contribution >= 0.6 is 11.6 Å². The molecule has 3 aromatic rings. The van der Waals surface area contributed by atoms with Crippen molar-refractivity contribution >= 4 is 17.6 Å². The molecule has 2 aromatic heterocycles. The van der Waals surface area contributed by atoms with E-state index in [1.807, 2.05) is 0 Å². The molecule has 0 bridgehead atoms. The quantitative estimate of drug-likeness (QED) is 0.495. The molecule has 0 saturated heterocycles. The molecular formula is C21H22ClN3O5. The lowest BCUT2D eigenvalue weighted by Crippen LogP contribution is -2.29. The van der Waals surface area contributed by atoms with E-state index in [4.69, 9.17) is 16.3 Å². The summed E-state index contributed by atoms with van der Waals surface area (Å²) in [5.74, 6) is -1.69. The first-order valence-corrected chi connectivity index (χ1v) is 9.65. The predicted octanol–water partition coefficient (Wildman–Crippen LogP) is 2.88. The Morgan fingerprint density at radius 1 is 1.30 bits per heavy atom. The largest absolute Gasteiger partial charge is 0.507 e. The van der Waals surface area contributed by atoms with Crippen molar-refractivity contribution in [2.45, 2.75) is 32.2 Å². The molecular weight excluding hydrogens is 410 g/mol. The number of benzene rings is 1. The zero-order valence-electron chi connectivity index (χ0n) is 16.6. The molecule has 0 spiro atoms. The number of rotatable bonds is 7. The Labute approximate surface area is 177 Å². The minimum atomic E-state index is -0.804. The minimum absolute atomic E-state index is 0.0670. The van der Waals surface area contributed by atoms with Crippen LogP contribution in [0.15, 0.2) is 41.6 Å². The highest BCUT2D eigenvalue weighted by atomic mass is 35.5. The second-order valence-electron chi connectivity index (χ2n) is 6.91. The first-order chi connectivity index (χ1) is 14.3. The zero-order chi connectivity index (χ0) is 21.8. The molecule has 0 amide bonds. The zero-order valence-corrected chi connectivity index (χ0v) is 17.3. The van der Waals surface area contributed by atoms with Gasteiger partial charge in [0.1, 0.15) is 11.5 Å². The molecule has 0 fully saturated rings. The first kappa shape index (κ1) is 21.4. The lowest BCUT2D eigenvalue weighted by molar-refractivity contribution is -0.140. The van der Waals surface area contributed by atoms with Crippen LogP contribution in [-0.4, -0.2) is 37.8 Å². The maximum atomic E-state index is 13.3. The van der Waals surface area contributed by atoms with Crippen LogP contribution in [0.5, 0.6) is 11.5 Å². The molecule has 0 aliphatic carbocycles. The number of ether oxygens (including phenoxy) is 1. The molecule has 2 heterocycles. The summed E-state index contributed by atoms with van der Waals surface area (Å²) in [5, 5.41) is 20.4. The van der Waals surface area contributed by atoms with Gasteiger partial charge in [0, 0.05) is 36.5 Å². The molecule has 0 unspecified atom stereocenters. The number of nitrogens with one attached hydrogen (secondary N) is 1. The number of halogens is 1. The Kier molecular flexibility index (Phi) is 6.47. The molecule has 0 saturated carbocycles. The van der Waals surface area contributed by atoms with Crippen LogP contribution in [0, 0.1) is 6.92 Å². The van der Waals surface area contributed by atoms with E-state index in [0.717, 1.165) is 5.69 Å². The number of carbonyl (C=O) groups excluding carboxylic acids is 1. The summed E-state index contributed by atoms with van der Waals surface area (Å²) < 4.78 is 6.33. The number of aromatic hydroxyl groups is 2. The van der Waals surface area contributed by atoms with E-state index in [9.17, 15) is 19.8 Å². The van der Waals surface area contributed by atoms with Gasteiger partial charge in [-0.1, -0.05) is 17.7 Å². The normalized spacial score (nSPS) is 12.0. The van der Waals surface area contributed by atoms with Crippen molar-refractivity contribution in [3.8, 4) is 11.5 Å². The van der Waals surface area contributed by atoms with E-state index in [1.54, 1.807) is 30.1 Å². The van der Waals surface area contributed by atoms with Crippen LogP contribution in [-0.2, 0) is 22.5 Å². The lowest BCUT2D eigenvalue weighted by atomic mass is 9.88. The highest BCUT2D eigenvalue weighted by Crippen LogP contribution is 2.35. The Morgan fingerprint density at radius 2 is 2.07 bits per heavy atom. The van der Waals surface area contributed by atoms with E-state index in [0.29, 0.717) is 24.2 Å². The van der Waals surface area contributed by atoms with Gasteiger partial charge in [-0.2, -0.15) is 0 Å². The van der Waals surface area contributed by atoms with Gasteiger partial charge in [-0.3, -0.25) is 9.59 Å². The number of imidazole rings is 1. The van der Waals surface area contributed by atoms with Gasteiger partial charge in [-0.05, 0) is 30.7 Å². The Bertz CT molecular complexity index is 1110. The second kappa shape index (κ2) is 9.04. The summed E-state index contributed by atoms with van der Waals surface area (Å²) in [6.07, 6.45) is 3.61. The summed E-state index contributed by atoms with van der Waals surface area (Å²) in [4.78, 5) is 32.4. The van der Waals surface area contributed by atoms with Gasteiger partial charge in [0.05, 0.1) is 30.4 Å². The van der Waals surface area contributed by atoms with Crippen molar-refractivity contribution in [2.75, 3.05) is 7.11 Å². The highest BCUT2D eigenvalue weighted by Gasteiger charge is 2.27. The smallest absolute Gasteiger partial charge is 0.306 e. The van der Waals surface area contributed by atoms with Crippen LogP contribution < -0.4 is 5.56 Å². The third-order valence-corrected chi connectivity index (χ3v) is 5.31. The van der Waals surface area contributed by atoms with Gasteiger partial charge >= 0.3 is 5.97 Å². The fraction of sp³-hybridized carbons (Fsp3) is 0.286. The van der Waals surface area contributed by atoms with Gasteiger partial charge in [0.25, 0.3) is 5.56 Å². The fourth-order valence-electron chi connectivity index (χ4n) is 3.40. The lowest BCUT2D eigenvalue weighted by Gasteiger charge is -2.21. The fourth-order valence-corrected chi connectivity index (χ4v) is 3.59. The number of pyridine rings is 1. The van der Waals surface area contributed by atoms with Gasteiger partial charge in [-0.25, -0.2) is 4.98 Å². The summed E-state index contributed by atoms with van der Waals surface area (Å²) in [5.41, 5.74) is 1.61. The third-order valence-electron chi connectivity index (χ3n) is 5.00. The number of phenolic OH excluding ortho intramolecular Hbond substituents is 1. The van der Waals surface area contributed by atoms with Crippen LogP contribution in [0.4, 0.5) is 0 Å². The van der Waals surface area contributed by atoms with Gasteiger partial charge < -0.3 is 24.5 Å². The number of hydrogen-bond acceptors (Lipinski definition) is 6. The predicted molar refractivity (Wildman–Crippen MR) is 111 cm³/mol. The van der Waals surface area contributed by atoms with Crippen molar-refractivity contribution in [3.05, 3.63) is 74.7 Å². The molecule has 8 nitrogen and oxygen atoms in total. The summed E-state index contributed by atoms with van der Waals surface area (Å²) in [7, 11) is 1.25. The van der Waals surface area contributed by atoms with Crippen molar-refractivity contribution in [1.29, 1.82) is 0 Å². The molecule has 0 aliphatic heterocycles. The molecule has 30 heavy (non-hydrogen) atoms. The Morgan fingerprint density at radius 3 is 2.70 bits per heavy atom. The average Bonchev–Trinajstić information content (AvgIpc) is 3.22. The average molecular weight is 432 g/mol. The van der Waals surface area contributed by atoms with Crippen molar-refractivity contribution in [1.82, 2.24) is 14.5 Å². The first-order valence-electron chi connectivity index (χ1n) is 9.27. The Hall–Kier alpha value is -3.26. The molecule has 0 aliphatic rings. The van der Waals surface area contributed by atoms with Crippen LogP contribution in [0.25, 0.3) is 0 Å². The molecule has 3 rings (SSSR count). The summed E-state index contributed by atoms with van der Waals surface area (Å²) in [6.45, 7) is 2.09. The number of aromatic nitrogens is 3. The maximum absolute atomic E-state index is 13.3. The van der Waals surface area contributed by atoms with Crippen molar-refractivity contribution in [3.63, 3.8) is 0 Å². The molecule has 9 heteroatoms. The minimum Gasteiger partial charge on any atom is -0.507 e. The summed E-state index contributed by atoms with van der Waals surface area (Å²) in [6, 6.07) is 5.90. The Balaban J connectivity index is 2.09. The van der Waals surface area contributed by atoms with Gasteiger partial charge in [0.2, 0.25) is 0 Å². The van der Waals surface area contributed by atoms with Gasteiger partial charge in [-0.15, -0.1) is 0 Å². The highest BCUT2D eigenvalue weighted by molar-refractivity contribution is 6.32. The molecule has 158 valence electrons. The number of aryl methyl sites for hydroxylation is 2.